The molecule has 2 aliphatic carbocycles. The van der Waals surface area contributed by atoms with E-state index in [-0.39, 0.29) is 6.10 Å². The molecule has 5 atom stereocenters. The van der Waals surface area contributed by atoms with Crippen LogP contribution in [0, 0.1) is 23.7 Å². The fourth-order valence-corrected chi connectivity index (χ4v) is 4.40. The van der Waals surface area contributed by atoms with Crippen molar-refractivity contribution in [3.63, 3.8) is 0 Å². The van der Waals surface area contributed by atoms with Crippen LogP contribution < -0.4 is 0 Å². The van der Waals surface area contributed by atoms with Crippen LogP contribution in [0.25, 0.3) is 0 Å². The Bertz CT molecular complexity index is 294. The first-order valence-electron chi connectivity index (χ1n) is 7.97. The number of aliphatic hydroxyl groups excluding tert-OH is 1. The van der Waals surface area contributed by atoms with Gasteiger partial charge in [-0.05, 0) is 49.9 Å². The first-order chi connectivity index (χ1) is 8.61. The van der Waals surface area contributed by atoms with Crippen LogP contribution >= 0.6 is 0 Å². The van der Waals surface area contributed by atoms with Crippen molar-refractivity contribution in [3.8, 4) is 0 Å². The van der Waals surface area contributed by atoms with E-state index >= 15 is 0 Å². The maximum atomic E-state index is 10.8. The monoisotopic (exact) mass is 250 g/mol. The van der Waals surface area contributed by atoms with E-state index in [0.29, 0.717) is 17.8 Å². The van der Waals surface area contributed by atoms with Crippen molar-refractivity contribution in [2.75, 3.05) is 0 Å². The van der Waals surface area contributed by atoms with Gasteiger partial charge in [-0.2, -0.15) is 0 Å². The molecule has 1 heteroatoms. The lowest BCUT2D eigenvalue weighted by Crippen LogP contribution is -2.37. The van der Waals surface area contributed by atoms with Crippen molar-refractivity contribution in [2.45, 2.75) is 71.8 Å². The lowest BCUT2D eigenvalue weighted by Gasteiger charge is -2.39. The molecule has 2 rings (SSSR count). The minimum absolute atomic E-state index is 0.0543. The van der Waals surface area contributed by atoms with E-state index in [1.54, 1.807) is 0 Å². The fraction of sp³-hybridized carbons (Fsp3) is 0.882. The summed E-state index contributed by atoms with van der Waals surface area (Å²) in [7, 11) is 0. The van der Waals surface area contributed by atoms with E-state index in [0.717, 1.165) is 12.3 Å². The number of allylic oxidation sites excluding steroid dienone is 2. The highest BCUT2D eigenvalue weighted by Crippen LogP contribution is 2.40. The normalized spacial score (nSPS) is 39.2. The molecule has 0 spiro atoms. The molecule has 0 amide bonds. The Morgan fingerprint density at radius 2 is 2.06 bits per heavy atom. The zero-order valence-electron chi connectivity index (χ0n) is 12.4. The minimum atomic E-state index is -0.0543. The van der Waals surface area contributed by atoms with Crippen LogP contribution in [0.15, 0.2) is 11.6 Å². The quantitative estimate of drug-likeness (QED) is 0.728. The first-order valence-corrected chi connectivity index (χ1v) is 7.97. The summed E-state index contributed by atoms with van der Waals surface area (Å²) in [6.45, 7) is 6.82. The average molecular weight is 250 g/mol. The van der Waals surface area contributed by atoms with Crippen LogP contribution in [0.3, 0.4) is 0 Å². The van der Waals surface area contributed by atoms with Crippen molar-refractivity contribution in [1.29, 1.82) is 0 Å². The third-order valence-electron chi connectivity index (χ3n) is 5.24. The van der Waals surface area contributed by atoms with Crippen LogP contribution in [-0.4, -0.2) is 11.2 Å². The van der Waals surface area contributed by atoms with Gasteiger partial charge >= 0.3 is 0 Å². The molecule has 0 aromatic carbocycles. The molecule has 1 N–H and O–H groups in total. The Kier molecular flexibility index (Phi) is 4.89. The summed E-state index contributed by atoms with van der Waals surface area (Å²) in [5.74, 6) is 2.52. The van der Waals surface area contributed by atoms with Gasteiger partial charge in [0, 0.05) is 0 Å². The van der Waals surface area contributed by atoms with Crippen LogP contribution in [-0.2, 0) is 0 Å². The topological polar surface area (TPSA) is 20.2 Å². The molecule has 104 valence electrons. The van der Waals surface area contributed by atoms with Gasteiger partial charge in [0.1, 0.15) is 0 Å². The summed E-state index contributed by atoms with van der Waals surface area (Å²) in [5.41, 5.74) is 1.49. The van der Waals surface area contributed by atoms with Gasteiger partial charge in [0.05, 0.1) is 6.10 Å². The molecule has 2 aliphatic rings. The van der Waals surface area contributed by atoms with E-state index in [1.165, 1.54) is 44.1 Å². The van der Waals surface area contributed by atoms with Gasteiger partial charge in [0.2, 0.25) is 0 Å². The highest BCUT2D eigenvalue weighted by Gasteiger charge is 2.35. The van der Waals surface area contributed by atoms with E-state index in [9.17, 15) is 5.11 Å². The summed E-state index contributed by atoms with van der Waals surface area (Å²) < 4.78 is 0. The third-order valence-corrected chi connectivity index (χ3v) is 5.24. The second-order valence-corrected chi connectivity index (χ2v) is 6.80. The van der Waals surface area contributed by atoms with E-state index in [2.05, 4.69) is 26.8 Å². The molecule has 1 fully saturated rings. The Morgan fingerprint density at radius 3 is 2.72 bits per heavy atom. The maximum Gasteiger partial charge on any atom is 0.0602 e. The summed E-state index contributed by atoms with van der Waals surface area (Å²) in [6.07, 6.45) is 11.2. The molecule has 0 aromatic rings. The molecule has 0 bridgehead atoms. The molecule has 0 saturated heterocycles. The Balaban J connectivity index is 2.01. The third kappa shape index (κ3) is 3.17. The average Bonchev–Trinajstić information content (AvgIpc) is 2.36. The zero-order valence-corrected chi connectivity index (χ0v) is 12.4. The highest BCUT2D eigenvalue weighted by atomic mass is 16.3. The molecule has 0 aliphatic heterocycles. The number of aliphatic hydroxyl groups is 1. The van der Waals surface area contributed by atoms with Crippen molar-refractivity contribution < 1.29 is 5.11 Å². The fourth-order valence-electron chi connectivity index (χ4n) is 4.40. The first kappa shape index (κ1) is 14.1. The maximum absolute atomic E-state index is 10.8. The molecule has 18 heavy (non-hydrogen) atoms. The number of rotatable bonds is 3. The Morgan fingerprint density at radius 1 is 1.33 bits per heavy atom. The molecular formula is C17H30O. The smallest absolute Gasteiger partial charge is 0.0602 e. The van der Waals surface area contributed by atoms with Crippen molar-refractivity contribution in [3.05, 3.63) is 11.6 Å². The highest BCUT2D eigenvalue weighted by molar-refractivity contribution is 5.07. The van der Waals surface area contributed by atoms with Gasteiger partial charge in [0.25, 0.3) is 0 Å². The summed E-state index contributed by atoms with van der Waals surface area (Å²) >= 11 is 0. The molecule has 0 aromatic heterocycles. The zero-order chi connectivity index (χ0) is 13.1. The minimum Gasteiger partial charge on any atom is -0.393 e. The molecule has 0 radical (unpaired) electrons. The summed E-state index contributed by atoms with van der Waals surface area (Å²) in [6, 6.07) is 0. The second-order valence-electron chi connectivity index (χ2n) is 6.80. The number of hydrogen-bond acceptors (Lipinski definition) is 1. The lowest BCUT2D eigenvalue weighted by atomic mass is 9.68. The SMILES string of the molecule is CCC1CCCCC1C(O)C1CC(C)=CC(C)C1. The second kappa shape index (κ2) is 6.23. The molecule has 1 nitrogen and oxygen atoms in total. The van der Waals surface area contributed by atoms with Crippen LogP contribution in [0.4, 0.5) is 0 Å². The predicted octanol–water partition coefficient (Wildman–Crippen LogP) is 4.56. The van der Waals surface area contributed by atoms with Gasteiger partial charge in [-0.25, -0.2) is 0 Å². The van der Waals surface area contributed by atoms with Gasteiger partial charge < -0.3 is 5.11 Å². The van der Waals surface area contributed by atoms with E-state index in [1.807, 2.05) is 0 Å². The molecule has 0 heterocycles. The predicted molar refractivity (Wildman–Crippen MR) is 77.4 cm³/mol. The van der Waals surface area contributed by atoms with Crippen molar-refractivity contribution in [2.24, 2.45) is 23.7 Å². The van der Waals surface area contributed by atoms with Crippen molar-refractivity contribution >= 4 is 0 Å². The summed E-state index contributed by atoms with van der Waals surface area (Å²) in [4.78, 5) is 0. The lowest BCUT2D eigenvalue weighted by molar-refractivity contribution is -0.00392. The molecular weight excluding hydrogens is 220 g/mol. The van der Waals surface area contributed by atoms with Gasteiger partial charge in [-0.1, -0.05) is 51.2 Å². The summed E-state index contributed by atoms with van der Waals surface area (Å²) in [5, 5.41) is 10.8. The molecule has 5 unspecified atom stereocenters. The van der Waals surface area contributed by atoms with E-state index < -0.39 is 0 Å². The Labute approximate surface area is 113 Å². The standard InChI is InChI=1S/C17H30O/c1-4-14-7-5-6-8-16(14)17(18)15-10-12(2)9-13(3)11-15/h9,12,14-18H,4-8,10-11H2,1-3H3. The molecule has 1 saturated carbocycles. The van der Waals surface area contributed by atoms with Gasteiger partial charge in [0.15, 0.2) is 0 Å². The van der Waals surface area contributed by atoms with E-state index in [4.69, 9.17) is 0 Å². The van der Waals surface area contributed by atoms with Gasteiger partial charge in [-0.3, -0.25) is 0 Å². The Hall–Kier alpha value is -0.300. The van der Waals surface area contributed by atoms with Crippen LogP contribution in [0.5, 0.6) is 0 Å². The van der Waals surface area contributed by atoms with Crippen LogP contribution in [0.1, 0.15) is 65.7 Å². The van der Waals surface area contributed by atoms with Gasteiger partial charge in [-0.15, -0.1) is 0 Å². The van der Waals surface area contributed by atoms with Crippen molar-refractivity contribution in [1.82, 2.24) is 0 Å². The largest absolute Gasteiger partial charge is 0.393 e. The number of hydrogen-bond donors (Lipinski definition) is 1. The van der Waals surface area contributed by atoms with Crippen LogP contribution in [0.2, 0.25) is 0 Å².